The van der Waals surface area contributed by atoms with E-state index in [1.165, 1.54) is 0 Å². The Labute approximate surface area is 122 Å². The summed E-state index contributed by atoms with van der Waals surface area (Å²) < 4.78 is 4.94. The lowest BCUT2D eigenvalue weighted by Crippen LogP contribution is -2.14. The fourth-order valence-corrected chi connectivity index (χ4v) is 2.99. The number of aryl methyl sites for hydroxylation is 1. The van der Waals surface area contributed by atoms with Crippen molar-refractivity contribution in [2.24, 2.45) is 5.92 Å². The molecule has 1 aromatic rings. The van der Waals surface area contributed by atoms with E-state index in [9.17, 15) is 9.59 Å². The molecule has 0 radical (unpaired) electrons. The molecule has 1 aliphatic rings. The Morgan fingerprint density at radius 1 is 1.55 bits per heavy atom. The van der Waals surface area contributed by atoms with Crippen molar-refractivity contribution >= 4 is 28.3 Å². The van der Waals surface area contributed by atoms with Gasteiger partial charge in [0.1, 0.15) is 4.88 Å². The summed E-state index contributed by atoms with van der Waals surface area (Å²) in [6.07, 6.45) is 6.71. The Kier molecular flexibility index (Phi) is 4.89. The van der Waals surface area contributed by atoms with E-state index < -0.39 is 0 Å². The van der Waals surface area contributed by atoms with Gasteiger partial charge >= 0.3 is 5.97 Å². The SMILES string of the molecule is CCOC(=O)c1sc(NC(=O)CC2C=CCC2)nc1C. The molecular formula is C14H18N2O3S. The molecule has 1 amide bonds. The lowest BCUT2D eigenvalue weighted by Gasteiger charge is -2.06. The number of nitrogens with one attached hydrogen (secondary N) is 1. The number of rotatable bonds is 5. The van der Waals surface area contributed by atoms with Crippen molar-refractivity contribution in [1.82, 2.24) is 4.98 Å². The maximum absolute atomic E-state index is 11.9. The Morgan fingerprint density at radius 3 is 3.00 bits per heavy atom. The molecule has 20 heavy (non-hydrogen) atoms. The van der Waals surface area contributed by atoms with Crippen LogP contribution in [0, 0.1) is 12.8 Å². The zero-order valence-corrected chi connectivity index (χ0v) is 12.5. The molecule has 2 rings (SSSR count). The number of hydrogen-bond acceptors (Lipinski definition) is 5. The minimum absolute atomic E-state index is 0.0642. The van der Waals surface area contributed by atoms with Crippen molar-refractivity contribution < 1.29 is 14.3 Å². The molecule has 0 aromatic carbocycles. The van der Waals surface area contributed by atoms with Crippen LogP contribution in [0.5, 0.6) is 0 Å². The van der Waals surface area contributed by atoms with Crippen molar-refractivity contribution in [1.29, 1.82) is 0 Å². The van der Waals surface area contributed by atoms with Gasteiger partial charge in [0.15, 0.2) is 5.13 Å². The van der Waals surface area contributed by atoms with Crippen LogP contribution in [0.4, 0.5) is 5.13 Å². The number of carbonyl (C=O) groups is 2. The Balaban J connectivity index is 1.95. The molecular weight excluding hydrogens is 276 g/mol. The summed E-state index contributed by atoms with van der Waals surface area (Å²) >= 11 is 1.16. The normalized spacial score (nSPS) is 17.2. The van der Waals surface area contributed by atoms with E-state index in [2.05, 4.69) is 22.5 Å². The van der Waals surface area contributed by atoms with Crippen LogP contribution in [0.15, 0.2) is 12.2 Å². The van der Waals surface area contributed by atoms with Gasteiger partial charge in [-0.05, 0) is 32.6 Å². The molecule has 1 aromatic heterocycles. The number of amides is 1. The van der Waals surface area contributed by atoms with Crippen molar-refractivity contribution in [3.05, 3.63) is 22.7 Å². The number of ether oxygens (including phenoxy) is 1. The van der Waals surface area contributed by atoms with Gasteiger partial charge in [-0.1, -0.05) is 23.5 Å². The van der Waals surface area contributed by atoms with Crippen LogP contribution < -0.4 is 5.32 Å². The predicted molar refractivity (Wildman–Crippen MR) is 77.9 cm³/mol. The summed E-state index contributed by atoms with van der Waals surface area (Å²) in [5.74, 6) is -0.131. The van der Waals surface area contributed by atoms with Gasteiger partial charge in [0.2, 0.25) is 5.91 Å². The summed E-state index contributed by atoms with van der Waals surface area (Å²) in [4.78, 5) is 28.2. The molecule has 0 spiro atoms. The Bertz CT molecular complexity index is 537. The Morgan fingerprint density at radius 2 is 2.35 bits per heavy atom. The average molecular weight is 294 g/mol. The van der Waals surface area contributed by atoms with Gasteiger partial charge in [-0.15, -0.1) is 0 Å². The topological polar surface area (TPSA) is 68.3 Å². The third-order valence-electron chi connectivity index (χ3n) is 3.06. The van der Waals surface area contributed by atoms with Gasteiger partial charge in [0, 0.05) is 6.42 Å². The smallest absolute Gasteiger partial charge is 0.350 e. The van der Waals surface area contributed by atoms with E-state index in [-0.39, 0.29) is 11.9 Å². The first-order chi connectivity index (χ1) is 9.60. The van der Waals surface area contributed by atoms with E-state index in [0.717, 1.165) is 24.2 Å². The van der Waals surface area contributed by atoms with Gasteiger partial charge < -0.3 is 10.1 Å². The minimum atomic E-state index is -0.387. The van der Waals surface area contributed by atoms with Gasteiger partial charge in [0.05, 0.1) is 12.3 Å². The van der Waals surface area contributed by atoms with Crippen LogP contribution in [0.1, 0.15) is 41.6 Å². The standard InChI is InChI=1S/C14H18N2O3S/c1-3-19-13(18)12-9(2)15-14(20-12)16-11(17)8-10-6-4-5-7-10/h4,6,10H,3,5,7-8H2,1-2H3,(H,15,16,17). The molecule has 1 unspecified atom stereocenters. The molecule has 6 heteroatoms. The first kappa shape index (κ1) is 14.7. The summed E-state index contributed by atoms with van der Waals surface area (Å²) in [6.45, 7) is 3.82. The van der Waals surface area contributed by atoms with Crippen LogP contribution in [0.3, 0.4) is 0 Å². The number of nitrogens with zero attached hydrogens (tertiary/aromatic N) is 1. The maximum atomic E-state index is 11.9. The molecule has 1 atom stereocenters. The zero-order chi connectivity index (χ0) is 14.5. The van der Waals surface area contributed by atoms with Gasteiger partial charge in [-0.25, -0.2) is 9.78 Å². The molecule has 1 heterocycles. The second kappa shape index (κ2) is 6.65. The first-order valence-electron chi connectivity index (χ1n) is 6.71. The second-order valence-corrected chi connectivity index (χ2v) is 5.67. The number of hydrogen-bond donors (Lipinski definition) is 1. The van der Waals surface area contributed by atoms with Crippen LogP contribution >= 0.6 is 11.3 Å². The van der Waals surface area contributed by atoms with E-state index in [1.54, 1.807) is 13.8 Å². The fourth-order valence-electron chi connectivity index (χ4n) is 2.11. The summed E-state index contributed by atoms with van der Waals surface area (Å²) in [7, 11) is 0. The summed E-state index contributed by atoms with van der Waals surface area (Å²) in [5.41, 5.74) is 0.588. The first-order valence-corrected chi connectivity index (χ1v) is 7.53. The third kappa shape index (κ3) is 3.66. The lowest BCUT2D eigenvalue weighted by atomic mass is 10.1. The summed E-state index contributed by atoms with van der Waals surface area (Å²) in [6, 6.07) is 0. The molecule has 0 saturated carbocycles. The van der Waals surface area contributed by atoms with Crippen molar-refractivity contribution in [2.45, 2.75) is 33.1 Å². The van der Waals surface area contributed by atoms with Crippen LogP contribution in [0.25, 0.3) is 0 Å². The van der Waals surface area contributed by atoms with Crippen molar-refractivity contribution in [3.63, 3.8) is 0 Å². The lowest BCUT2D eigenvalue weighted by molar-refractivity contribution is -0.116. The minimum Gasteiger partial charge on any atom is -0.462 e. The van der Waals surface area contributed by atoms with Crippen LogP contribution in [-0.2, 0) is 9.53 Å². The number of carbonyl (C=O) groups excluding carboxylic acids is 2. The van der Waals surface area contributed by atoms with Crippen LogP contribution in [0.2, 0.25) is 0 Å². The molecule has 108 valence electrons. The third-order valence-corrected chi connectivity index (χ3v) is 4.12. The van der Waals surface area contributed by atoms with Gasteiger partial charge in [-0.3, -0.25) is 4.79 Å². The van der Waals surface area contributed by atoms with Gasteiger partial charge in [-0.2, -0.15) is 0 Å². The van der Waals surface area contributed by atoms with Crippen molar-refractivity contribution in [3.8, 4) is 0 Å². The van der Waals surface area contributed by atoms with E-state index >= 15 is 0 Å². The number of thiazole rings is 1. The quantitative estimate of drug-likeness (QED) is 0.669. The molecule has 0 saturated heterocycles. The molecule has 0 aliphatic heterocycles. The molecule has 0 fully saturated rings. The van der Waals surface area contributed by atoms with E-state index in [1.807, 2.05) is 0 Å². The number of anilines is 1. The molecule has 1 N–H and O–H groups in total. The number of allylic oxidation sites excluding steroid dienone is 2. The van der Waals surface area contributed by atoms with Gasteiger partial charge in [0.25, 0.3) is 0 Å². The second-order valence-electron chi connectivity index (χ2n) is 4.67. The largest absolute Gasteiger partial charge is 0.462 e. The Hall–Kier alpha value is -1.69. The molecule has 0 bridgehead atoms. The number of aromatic nitrogens is 1. The monoisotopic (exact) mass is 294 g/mol. The van der Waals surface area contributed by atoms with Crippen molar-refractivity contribution in [2.75, 3.05) is 11.9 Å². The predicted octanol–water partition coefficient (Wildman–Crippen LogP) is 2.92. The highest BCUT2D eigenvalue weighted by Gasteiger charge is 2.19. The van der Waals surface area contributed by atoms with E-state index in [4.69, 9.17) is 4.74 Å². The zero-order valence-electron chi connectivity index (χ0n) is 11.6. The molecule has 5 nitrogen and oxygen atoms in total. The highest BCUT2D eigenvalue weighted by atomic mass is 32.1. The number of esters is 1. The van der Waals surface area contributed by atoms with Crippen LogP contribution in [-0.4, -0.2) is 23.5 Å². The maximum Gasteiger partial charge on any atom is 0.350 e. The highest BCUT2D eigenvalue weighted by Crippen LogP contribution is 2.25. The highest BCUT2D eigenvalue weighted by molar-refractivity contribution is 7.17. The molecule has 1 aliphatic carbocycles. The van der Waals surface area contributed by atoms with E-state index in [0.29, 0.717) is 34.6 Å². The fraction of sp³-hybridized carbons (Fsp3) is 0.500. The average Bonchev–Trinajstić information content (AvgIpc) is 2.99. The summed E-state index contributed by atoms with van der Waals surface area (Å²) in [5, 5.41) is 3.21.